The molecule has 0 heterocycles. The fourth-order valence-electron chi connectivity index (χ4n) is 1.57. The average Bonchev–Trinajstić information content (AvgIpc) is 2.15. The van der Waals surface area contributed by atoms with Gasteiger partial charge in [-0.15, -0.1) is 11.8 Å². The summed E-state index contributed by atoms with van der Waals surface area (Å²) in [5, 5.41) is 0. The van der Waals surface area contributed by atoms with Crippen molar-refractivity contribution in [2.75, 3.05) is 6.26 Å². The molecule has 0 nitrogen and oxygen atoms in total. The second kappa shape index (κ2) is 5.36. The van der Waals surface area contributed by atoms with Gasteiger partial charge >= 0.3 is 0 Å². The lowest BCUT2D eigenvalue weighted by atomic mass is 9.78. The van der Waals surface area contributed by atoms with E-state index >= 15 is 0 Å². The smallest absolute Gasteiger partial charge is 0.0250 e. The number of hydrogen-bond acceptors (Lipinski definition) is 2. The molecule has 0 aromatic rings. The highest BCUT2D eigenvalue weighted by Crippen LogP contribution is 2.54. The van der Waals surface area contributed by atoms with Gasteiger partial charge in [-0.05, 0) is 45.8 Å². The van der Waals surface area contributed by atoms with Crippen LogP contribution in [0, 0.1) is 5.41 Å². The molecular formula is C15H32S2. The van der Waals surface area contributed by atoms with E-state index in [1.165, 1.54) is 6.42 Å². The van der Waals surface area contributed by atoms with E-state index < -0.39 is 0 Å². The maximum atomic E-state index is 2.40. The minimum Gasteiger partial charge on any atom is -0.158 e. The first-order valence-electron chi connectivity index (χ1n) is 6.58. The summed E-state index contributed by atoms with van der Waals surface area (Å²) in [5.74, 6) is 0. The van der Waals surface area contributed by atoms with Crippen molar-refractivity contribution in [3.05, 3.63) is 0 Å². The van der Waals surface area contributed by atoms with Crippen molar-refractivity contribution in [2.24, 2.45) is 5.41 Å². The van der Waals surface area contributed by atoms with E-state index in [2.05, 4.69) is 80.3 Å². The highest BCUT2D eigenvalue weighted by molar-refractivity contribution is 8.05. The second-order valence-electron chi connectivity index (χ2n) is 7.07. The van der Waals surface area contributed by atoms with Crippen LogP contribution in [-0.2, 0) is 0 Å². The Labute approximate surface area is 118 Å². The average molecular weight is 277 g/mol. The van der Waals surface area contributed by atoms with E-state index in [0.29, 0.717) is 10.2 Å². The van der Waals surface area contributed by atoms with Gasteiger partial charge in [0.15, 0.2) is 0 Å². The van der Waals surface area contributed by atoms with Crippen molar-refractivity contribution < 1.29 is 0 Å². The van der Waals surface area contributed by atoms with Crippen LogP contribution in [0.5, 0.6) is 0 Å². The van der Waals surface area contributed by atoms with Gasteiger partial charge in [-0.1, -0.05) is 34.6 Å². The van der Waals surface area contributed by atoms with Crippen molar-refractivity contribution in [3.63, 3.8) is 0 Å². The van der Waals surface area contributed by atoms with E-state index in [0.717, 1.165) is 0 Å². The van der Waals surface area contributed by atoms with Crippen LogP contribution in [0.25, 0.3) is 0 Å². The van der Waals surface area contributed by atoms with Crippen LogP contribution < -0.4 is 0 Å². The van der Waals surface area contributed by atoms with Gasteiger partial charge in [0.1, 0.15) is 0 Å². The number of thioether (sulfide) groups is 2. The van der Waals surface area contributed by atoms with E-state index in [-0.39, 0.29) is 9.49 Å². The Bertz CT molecular complexity index is 224. The van der Waals surface area contributed by atoms with Gasteiger partial charge < -0.3 is 0 Å². The molecule has 17 heavy (non-hydrogen) atoms. The molecule has 0 radical (unpaired) electrons. The standard InChI is InChI=1S/C15H32S2/c1-11-12(2,3)13(4,5)17-15(8,9)14(6,7)16-10/h11H2,1-10H3. The largest absolute Gasteiger partial charge is 0.158 e. The lowest BCUT2D eigenvalue weighted by Gasteiger charge is -2.50. The highest BCUT2D eigenvalue weighted by atomic mass is 32.2. The molecule has 0 N–H and O–H groups in total. The predicted molar refractivity (Wildman–Crippen MR) is 87.4 cm³/mol. The summed E-state index contributed by atoms with van der Waals surface area (Å²) in [5.41, 5.74) is 0.365. The molecule has 0 fully saturated rings. The first kappa shape index (κ1) is 17.7. The summed E-state index contributed by atoms with van der Waals surface area (Å²) in [6.07, 6.45) is 3.45. The van der Waals surface area contributed by atoms with Crippen LogP contribution in [0.1, 0.15) is 68.7 Å². The van der Waals surface area contributed by atoms with Crippen LogP contribution >= 0.6 is 23.5 Å². The highest BCUT2D eigenvalue weighted by Gasteiger charge is 2.45. The maximum Gasteiger partial charge on any atom is 0.0250 e. The predicted octanol–water partition coefficient (Wildman–Crippen LogP) is 5.85. The Morgan fingerprint density at radius 2 is 1.12 bits per heavy atom. The lowest BCUT2D eigenvalue weighted by molar-refractivity contribution is 0.269. The van der Waals surface area contributed by atoms with Crippen LogP contribution in [0.2, 0.25) is 0 Å². The molecule has 0 saturated carbocycles. The van der Waals surface area contributed by atoms with Crippen molar-refractivity contribution >= 4 is 23.5 Å². The fraction of sp³-hybridized carbons (Fsp3) is 1.00. The van der Waals surface area contributed by atoms with E-state index in [9.17, 15) is 0 Å². The Hall–Kier alpha value is 0.700. The molecule has 2 heteroatoms. The first-order valence-corrected chi connectivity index (χ1v) is 8.62. The summed E-state index contributed by atoms with van der Waals surface area (Å²) in [4.78, 5) is 0. The molecule has 0 aromatic carbocycles. The molecule has 0 spiro atoms. The summed E-state index contributed by atoms with van der Waals surface area (Å²) in [7, 11) is 0. The normalized spacial score (nSPS) is 15.2. The van der Waals surface area contributed by atoms with Crippen molar-refractivity contribution in [1.29, 1.82) is 0 Å². The molecule has 0 saturated heterocycles. The zero-order valence-corrected chi connectivity index (χ0v) is 15.2. The van der Waals surface area contributed by atoms with Crippen LogP contribution in [0.15, 0.2) is 0 Å². The Balaban J connectivity index is 5.07. The zero-order valence-electron chi connectivity index (χ0n) is 13.5. The number of hydrogen-bond donors (Lipinski definition) is 0. The second-order valence-corrected chi connectivity index (χ2v) is 10.7. The van der Waals surface area contributed by atoms with Crippen molar-refractivity contribution in [3.8, 4) is 0 Å². The maximum absolute atomic E-state index is 2.40. The van der Waals surface area contributed by atoms with Gasteiger partial charge in [-0.3, -0.25) is 0 Å². The van der Waals surface area contributed by atoms with E-state index in [4.69, 9.17) is 0 Å². The summed E-state index contributed by atoms with van der Waals surface area (Å²) in [6, 6.07) is 0. The van der Waals surface area contributed by atoms with Crippen LogP contribution in [-0.4, -0.2) is 20.5 Å². The molecule has 0 aliphatic carbocycles. The van der Waals surface area contributed by atoms with E-state index in [1.807, 2.05) is 11.8 Å². The minimum atomic E-state index is 0.266. The van der Waals surface area contributed by atoms with Gasteiger partial charge in [-0.2, -0.15) is 11.8 Å². The van der Waals surface area contributed by atoms with Crippen LogP contribution in [0.3, 0.4) is 0 Å². The third kappa shape index (κ3) is 3.83. The molecule has 0 amide bonds. The van der Waals surface area contributed by atoms with Gasteiger partial charge in [-0.25, -0.2) is 0 Å². The van der Waals surface area contributed by atoms with Gasteiger partial charge in [0.2, 0.25) is 0 Å². The van der Waals surface area contributed by atoms with Gasteiger partial charge in [0, 0.05) is 14.2 Å². The summed E-state index contributed by atoms with van der Waals surface area (Å²) in [6.45, 7) is 21.4. The molecule has 0 aliphatic rings. The minimum absolute atomic E-state index is 0.266. The van der Waals surface area contributed by atoms with Gasteiger partial charge in [0.05, 0.1) is 0 Å². The lowest BCUT2D eigenvalue weighted by Crippen LogP contribution is -2.46. The quantitative estimate of drug-likeness (QED) is 0.596. The third-order valence-electron chi connectivity index (χ3n) is 4.98. The molecule has 0 atom stereocenters. The molecular weight excluding hydrogens is 244 g/mol. The molecule has 0 aromatic heterocycles. The molecule has 0 aliphatic heterocycles. The topological polar surface area (TPSA) is 0 Å². The fourth-order valence-corrected chi connectivity index (χ4v) is 4.38. The Morgan fingerprint density at radius 1 is 0.706 bits per heavy atom. The van der Waals surface area contributed by atoms with Crippen LogP contribution in [0.4, 0.5) is 0 Å². The molecule has 0 rings (SSSR count). The Morgan fingerprint density at radius 3 is 1.41 bits per heavy atom. The van der Waals surface area contributed by atoms with Gasteiger partial charge in [0.25, 0.3) is 0 Å². The summed E-state index contributed by atoms with van der Waals surface area (Å²) >= 11 is 4.12. The van der Waals surface area contributed by atoms with E-state index in [1.54, 1.807) is 0 Å². The third-order valence-corrected chi connectivity index (χ3v) is 8.73. The first-order chi connectivity index (χ1) is 7.33. The van der Waals surface area contributed by atoms with Crippen molar-refractivity contribution in [2.45, 2.75) is 83.0 Å². The monoisotopic (exact) mass is 276 g/mol. The number of rotatable bonds is 6. The Kier molecular flexibility index (Phi) is 5.59. The van der Waals surface area contributed by atoms with Crippen molar-refractivity contribution in [1.82, 2.24) is 0 Å². The molecule has 0 bridgehead atoms. The molecule has 104 valence electrons. The SMILES string of the molecule is CCC(C)(C)C(C)(C)SC(C)(C)C(C)(C)SC. The zero-order chi connectivity index (χ0) is 14.1. The summed E-state index contributed by atoms with van der Waals surface area (Å²) < 4.78 is 0.847. The molecule has 0 unspecified atom stereocenters.